The van der Waals surface area contributed by atoms with Gasteiger partial charge in [-0.15, -0.1) is 0 Å². The van der Waals surface area contributed by atoms with Crippen molar-refractivity contribution in [1.82, 2.24) is 5.32 Å². The molecule has 7 heteroatoms. The van der Waals surface area contributed by atoms with Crippen molar-refractivity contribution in [2.75, 3.05) is 20.8 Å². The Morgan fingerprint density at radius 3 is 2.07 bits per heavy atom. The first-order chi connectivity index (χ1) is 14.3. The van der Waals surface area contributed by atoms with Crippen molar-refractivity contribution >= 4 is 17.7 Å². The lowest BCUT2D eigenvalue weighted by molar-refractivity contribution is -0.145. The summed E-state index contributed by atoms with van der Waals surface area (Å²) in [5.41, 5.74) is 1.80. The molecule has 0 radical (unpaired) electrons. The van der Waals surface area contributed by atoms with Gasteiger partial charge in [0.2, 0.25) is 0 Å². The number of carbonyl (C=O) groups is 3. The van der Waals surface area contributed by atoms with Crippen LogP contribution in [-0.2, 0) is 9.53 Å². The molecular formula is C23H27NO6. The number of benzene rings is 2. The van der Waals surface area contributed by atoms with Gasteiger partial charge in [0.05, 0.1) is 14.2 Å². The molecule has 0 aliphatic rings. The van der Waals surface area contributed by atoms with E-state index in [0.29, 0.717) is 22.6 Å². The summed E-state index contributed by atoms with van der Waals surface area (Å²) in [7, 11) is 2.97. The molecule has 0 bridgehead atoms. The molecule has 0 spiro atoms. The Balaban J connectivity index is 2.04. The van der Waals surface area contributed by atoms with E-state index in [1.165, 1.54) is 20.3 Å². The lowest BCUT2D eigenvalue weighted by Crippen LogP contribution is -2.45. The van der Waals surface area contributed by atoms with Crippen LogP contribution in [0.2, 0.25) is 0 Å². The number of ketones is 1. The van der Waals surface area contributed by atoms with Gasteiger partial charge in [0.25, 0.3) is 5.91 Å². The van der Waals surface area contributed by atoms with E-state index in [2.05, 4.69) is 5.32 Å². The van der Waals surface area contributed by atoms with Crippen LogP contribution in [0.3, 0.4) is 0 Å². The summed E-state index contributed by atoms with van der Waals surface area (Å²) in [6, 6.07) is 10.8. The number of Topliss-reactive ketones (excluding diaryl/α,β-unsaturated/α-hetero) is 1. The van der Waals surface area contributed by atoms with E-state index in [0.717, 1.165) is 5.56 Å². The zero-order valence-electron chi connectivity index (χ0n) is 17.9. The van der Waals surface area contributed by atoms with Gasteiger partial charge in [-0.05, 0) is 31.0 Å². The number of hydrogen-bond acceptors (Lipinski definition) is 6. The lowest BCUT2D eigenvalue weighted by atomic mass is 10.0. The number of methoxy groups -OCH3 is 2. The number of ether oxygens (including phenoxy) is 3. The van der Waals surface area contributed by atoms with Crippen LogP contribution in [0, 0.1) is 12.8 Å². The molecule has 2 aromatic carbocycles. The zero-order valence-corrected chi connectivity index (χ0v) is 17.9. The van der Waals surface area contributed by atoms with Crippen LogP contribution < -0.4 is 14.8 Å². The molecule has 0 aromatic heterocycles. The number of nitrogens with one attached hydrogen (secondary N) is 1. The van der Waals surface area contributed by atoms with Crippen molar-refractivity contribution in [2.24, 2.45) is 5.92 Å². The van der Waals surface area contributed by atoms with Gasteiger partial charge >= 0.3 is 5.97 Å². The molecular weight excluding hydrogens is 386 g/mol. The van der Waals surface area contributed by atoms with Crippen molar-refractivity contribution in [1.29, 1.82) is 0 Å². The normalized spacial score (nSPS) is 11.5. The number of rotatable bonds is 9. The number of hydrogen-bond donors (Lipinski definition) is 1. The standard InChI is InChI=1S/C23H27NO6/c1-14(2)21(23(27)30-13-18(25)16-8-6-15(3)7-9-16)24-22(26)17-10-11-19(28-4)20(12-17)29-5/h6-12,14,21H,13H2,1-5H3,(H,24,26)/t21-/m1/s1. The lowest BCUT2D eigenvalue weighted by Gasteiger charge is -2.21. The van der Waals surface area contributed by atoms with E-state index in [-0.39, 0.29) is 11.7 Å². The molecule has 1 N–H and O–H groups in total. The average Bonchev–Trinajstić information content (AvgIpc) is 2.75. The minimum Gasteiger partial charge on any atom is -0.493 e. The second-order valence-electron chi connectivity index (χ2n) is 7.16. The first-order valence-electron chi connectivity index (χ1n) is 9.56. The van der Waals surface area contributed by atoms with Gasteiger partial charge in [-0.3, -0.25) is 9.59 Å². The molecule has 1 amide bonds. The Kier molecular flexibility index (Phi) is 7.98. The maximum Gasteiger partial charge on any atom is 0.329 e. The molecule has 0 saturated carbocycles. The average molecular weight is 413 g/mol. The summed E-state index contributed by atoms with van der Waals surface area (Å²) in [6.45, 7) is 5.09. The first-order valence-corrected chi connectivity index (χ1v) is 9.56. The van der Waals surface area contributed by atoms with Crippen molar-refractivity contribution in [3.63, 3.8) is 0 Å². The minimum absolute atomic E-state index is 0.240. The molecule has 2 aromatic rings. The molecule has 1 atom stereocenters. The van der Waals surface area contributed by atoms with Crippen LogP contribution in [-0.4, -0.2) is 44.5 Å². The van der Waals surface area contributed by atoms with Crippen molar-refractivity contribution in [3.8, 4) is 11.5 Å². The molecule has 0 unspecified atom stereocenters. The molecule has 2 rings (SSSR count). The first kappa shape index (κ1) is 22.9. The second-order valence-corrected chi connectivity index (χ2v) is 7.16. The largest absolute Gasteiger partial charge is 0.493 e. The van der Waals surface area contributed by atoms with Crippen LogP contribution in [0.15, 0.2) is 42.5 Å². The van der Waals surface area contributed by atoms with Gasteiger partial charge < -0.3 is 19.5 Å². The Bertz CT molecular complexity index is 904. The fraction of sp³-hybridized carbons (Fsp3) is 0.348. The summed E-state index contributed by atoms with van der Waals surface area (Å²) in [4.78, 5) is 37.4. The molecule has 0 fully saturated rings. The maximum absolute atomic E-state index is 12.6. The minimum atomic E-state index is -0.906. The molecule has 0 aliphatic carbocycles. The Labute approximate surface area is 176 Å². The van der Waals surface area contributed by atoms with Gasteiger partial charge in [-0.25, -0.2) is 4.79 Å². The van der Waals surface area contributed by atoms with Crippen molar-refractivity contribution in [2.45, 2.75) is 26.8 Å². The molecule has 30 heavy (non-hydrogen) atoms. The fourth-order valence-electron chi connectivity index (χ4n) is 2.75. The number of aryl methyl sites for hydroxylation is 1. The zero-order chi connectivity index (χ0) is 22.3. The van der Waals surface area contributed by atoms with Crippen LogP contribution in [0.25, 0.3) is 0 Å². The topological polar surface area (TPSA) is 90.9 Å². The molecule has 160 valence electrons. The fourth-order valence-corrected chi connectivity index (χ4v) is 2.75. The number of esters is 1. The van der Waals surface area contributed by atoms with Crippen LogP contribution in [0.5, 0.6) is 11.5 Å². The second kappa shape index (κ2) is 10.4. The van der Waals surface area contributed by atoms with Crippen LogP contribution in [0.1, 0.15) is 40.1 Å². The highest BCUT2D eigenvalue weighted by Crippen LogP contribution is 2.27. The monoisotopic (exact) mass is 413 g/mol. The van der Waals surface area contributed by atoms with Crippen molar-refractivity contribution < 1.29 is 28.6 Å². The van der Waals surface area contributed by atoms with E-state index in [4.69, 9.17) is 14.2 Å². The summed E-state index contributed by atoms with van der Waals surface area (Å²) in [5.74, 6) is -0.787. The van der Waals surface area contributed by atoms with Crippen LogP contribution >= 0.6 is 0 Å². The molecule has 0 heterocycles. The SMILES string of the molecule is COc1ccc(C(=O)N[C@@H](C(=O)OCC(=O)c2ccc(C)cc2)C(C)C)cc1OC. The highest BCUT2D eigenvalue weighted by molar-refractivity contribution is 5.99. The third-order valence-corrected chi connectivity index (χ3v) is 4.57. The van der Waals surface area contributed by atoms with E-state index in [1.54, 1.807) is 38.1 Å². The summed E-state index contributed by atoms with van der Waals surface area (Å²) in [5, 5.41) is 2.67. The summed E-state index contributed by atoms with van der Waals surface area (Å²) < 4.78 is 15.6. The van der Waals surface area contributed by atoms with Crippen LogP contribution in [0.4, 0.5) is 0 Å². The smallest absolute Gasteiger partial charge is 0.329 e. The van der Waals surface area contributed by atoms with Gasteiger partial charge in [-0.1, -0.05) is 43.7 Å². The predicted molar refractivity (Wildman–Crippen MR) is 112 cm³/mol. The maximum atomic E-state index is 12.6. The quantitative estimate of drug-likeness (QED) is 0.502. The van der Waals surface area contributed by atoms with Gasteiger partial charge in [0.15, 0.2) is 23.9 Å². The third-order valence-electron chi connectivity index (χ3n) is 4.57. The molecule has 7 nitrogen and oxygen atoms in total. The van der Waals surface area contributed by atoms with E-state index < -0.39 is 24.5 Å². The Morgan fingerprint density at radius 1 is 0.900 bits per heavy atom. The number of carbonyl (C=O) groups excluding carboxylic acids is 3. The van der Waals surface area contributed by atoms with E-state index >= 15 is 0 Å². The van der Waals surface area contributed by atoms with Crippen molar-refractivity contribution in [3.05, 3.63) is 59.2 Å². The van der Waals surface area contributed by atoms with E-state index in [9.17, 15) is 14.4 Å². The Morgan fingerprint density at radius 2 is 1.50 bits per heavy atom. The van der Waals surface area contributed by atoms with Gasteiger partial charge in [0, 0.05) is 11.1 Å². The highest BCUT2D eigenvalue weighted by Gasteiger charge is 2.27. The highest BCUT2D eigenvalue weighted by atomic mass is 16.5. The molecule has 0 saturated heterocycles. The predicted octanol–water partition coefficient (Wildman–Crippen LogP) is 3.19. The Hall–Kier alpha value is -3.35. The third kappa shape index (κ3) is 5.83. The van der Waals surface area contributed by atoms with Gasteiger partial charge in [0.1, 0.15) is 6.04 Å². The van der Waals surface area contributed by atoms with E-state index in [1.807, 2.05) is 19.1 Å². The number of amides is 1. The molecule has 0 aliphatic heterocycles. The summed E-state index contributed by atoms with van der Waals surface area (Å²) >= 11 is 0. The summed E-state index contributed by atoms with van der Waals surface area (Å²) in [6.07, 6.45) is 0. The van der Waals surface area contributed by atoms with Gasteiger partial charge in [-0.2, -0.15) is 0 Å².